The summed E-state index contributed by atoms with van der Waals surface area (Å²) in [5, 5.41) is 25.0. The zero-order valence-corrected chi connectivity index (χ0v) is 23.4. The topological polar surface area (TPSA) is 197 Å². The maximum atomic E-state index is 13.7. The summed E-state index contributed by atoms with van der Waals surface area (Å²) < 4.78 is 43.4. The summed E-state index contributed by atoms with van der Waals surface area (Å²) in [5.41, 5.74) is 5.30. The van der Waals surface area contributed by atoms with Crippen molar-refractivity contribution >= 4 is 47.0 Å². The highest BCUT2D eigenvalue weighted by Crippen LogP contribution is 2.37. The zero-order chi connectivity index (χ0) is 32.0. The Hall–Kier alpha value is -5.21. The predicted octanol–water partition coefficient (Wildman–Crippen LogP) is 2.52. The van der Waals surface area contributed by atoms with Gasteiger partial charge in [0.25, 0.3) is 12.4 Å². The summed E-state index contributed by atoms with van der Waals surface area (Å²) in [4.78, 5) is 43.4. The van der Waals surface area contributed by atoms with E-state index in [2.05, 4.69) is 25.7 Å². The summed E-state index contributed by atoms with van der Waals surface area (Å²) in [6.45, 7) is 0.195. The lowest BCUT2D eigenvalue weighted by atomic mass is 10.2. The summed E-state index contributed by atoms with van der Waals surface area (Å²) >= 11 is 6.35. The minimum atomic E-state index is -4.76. The number of rotatable bonds is 7. The highest BCUT2D eigenvalue weighted by Gasteiger charge is 2.38. The second kappa shape index (κ2) is 13.4. The highest BCUT2D eigenvalue weighted by atomic mass is 35.5. The molecule has 14 nitrogen and oxygen atoms in total. The number of amides is 2. The molecule has 1 atom stereocenters. The SMILES string of the molecule is N#CCn1cc(-c2cnc3c(Nc4ccc(C(=O)NCC(=O)N5CC[C@@H](N)C5)c(Cl)c4)nccn23)c(C(F)(F)F)n1.O=CO. The number of aromatic nitrogens is 5. The first-order chi connectivity index (χ1) is 21.0. The van der Waals surface area contributed by atoms with Crippen LogP contribution in [0, 0.1) is 11.3 Å². The van der Waals surface area contributed by atoms with Crippen molar-refractivity contribution in [3.05, 3.63) is 59.3 Å². The van der Waals surface area contributed by atoms with Crippen LogP contribution < -0.4 is 16.4 Å². The number of nitrogens with zero attached hydrogens (tertiary/aromatic N) is 7. The van der Waals surface area contributed by atoms with Crippen LogP contribution in [0.25, 0.3) is 16.9 Å². The number of carboxylic acid groups (broad SMARTS) is 1. The first kappa shape index (κ1) is 31.7. The summed E-state index contributed by atoms with van der Waals surface area (Å²) in [6, 6.07) is 6.20. The number of nitriles is 1. The first-order valence-electron chi connectivity index (χ1n) is 12.8. The maximum absolute atomic E-state index is 13.7. The second-order valence-corrected chi connectivity index (χ2v) is 9.76. The van der Waals surface area contributed by atoms with E-state index >= 15 is 0 Å². The number of imidazole rings is 1. The Labute approximate surface area is 251 Å². The number of halogens is 4. The van der Waals surface area contributed by atoms with Gasteiger partial charge in [-0.3, -0.25) is 23.5 Å². The Kier molecular flexibility index (Phi) is 9.66. The molecule has 0 radical (unpaired) electrons. The normalized spacial score (nSPS) is 14.5. The van der Waals surface area contributed by atoms with E-state index in [4.69, 9.17) is 32.5 Å². The van der Waals surface area contributed by atoms with Gasteiger partial charge in [0.15, 0.2) is 17.2 Å². The molecule has 0 unspecified atom stereocenters. The van der Waals surface area contributed by atoms with Gasteiger partial charge >= 0.3 is 6.18 Å². The molecule has 0 saturated carbocycles. The molecule has 4 aromatic rings. The first-order valence-corrected chi connectivity index (χ1v) is 13.1. The number of nitrogens with one attached hydrogen (secondary N) is 2. The molecule has 1 aromatic carbocycles. The van der Waals surface area contributed by atoms with E-state index < -0.39 is 17.8 Å². The van der Waals surface area contributed by atoms with Gasteiger partial charge in [-0.25, -0.2) is 9.97 Å². The standard InChI is InChI=1S/C25H22ClF3N10O2.CH2O2/c26-18-9-15(1-2-16(18)24(41)34-11-20(40)37-6-3-14(31)12-37)35-22-23-33-10-19(39(23)8-5-32-22)17-13-38(7-4-30)36-21(17)25(27,28)29;2-1-3/h1-2,5,8-10,13-14H,3,6-7,11-12,31H2,(H,32,35)(H,34,41);1H,(H,2,3)/t14-;/m1./s1. The summed E-state index contributed by atoms with van der Waals surface area (Å²) in [5.74, 6) is -0.563. The smallest absolute Gasteiger partial charge is 0.435 e. The lowest BCUT2D eigenvalue weighted by Crippen LogP contribution is -2.40. The number of anilines is 2. The fourth-order valence-corrected chi connectivity index (χ4v) is 4.74. The number of carbonyl (C=O) groups is 3. The third-order valence-electron chi connectivity index (χ3n) is 6.42. The van der Waals surface area contributed by atoms with Crippen molar-refractivity contribution in [3.63, 3.8) is 0 Å². The molecule has 1 aliphatic rings. The average molecular weight is 633 g/mol. The van der Waals surface area contributed by atoms with E-state index in [1.54, 1.807) is 17.0 Å². The van der Waals surface area contributed by atoms with Crippen LogP contribution in [-0.2, 0) is 22.3 Å². The number of alkyl halides is 3. The molecule has 0 spiro atoms. The van der Waals surface area contributed by atoms with Crippen LogP contribution in [0.2, 0.25) is 5.02 Å². The molecule has 2 amide bonds. The lowest BCUT2D eigenvalue weighted by Gasteiger charge is -2.16. The Balaban J connectivity index is 0.00000141. The molecule has 0 aliphatic carbocycles. The second-order valence-electron chi connectivity index (χ2n) is 9.35. The van der Waals surface area contributed by atoms with Crippen LogP contribution in [-0.4, -0.2) is 78.1 Å². The monoisotopic (exact) mass is 632 g/mol. The van der Waals surface area contributed by atoms with E-state index in [1.165, 1.54) is 35.1 Å². The van der Waals surface area contributed by atoms with Crippen LogP contribution in [0.5, 0.6) is 0 Å². The van der Waals surface area contributed by atoms with Crippen molar-refractivity contribution in [2.24, 2.45) is 5.73 Å². The number of hydrogen-bond acceptors (Lipinski definition) is 9. The van der Waals surface area contributed by atoms with Crippen molar-refractivity contribution in [2.75, 3.05) is 25.0 Å². The average Bonchev–Trinajstić information content (AvgIpc) is 3.71. The van der Waals surface area contributed by atoms with Gasteiger partial charge in [-0.2, -0.15) is 23.5 Å². The van der Waals surface area contributed by atoms with Crippen LogP contribution in [0.4, 0.5) is 24.7 Å². The number of hydrogen-bond donors (Lipinski definition) is 4. The molecule has 5 N–H and O–H groups in total. The minimum Gasteiger partial charge on any atom is -0.483 e. The van der Waals surface area contributed by atoms with Crippen LogP contribution in [0.3, 0.4) is 0 Å². The molecule has 18 heteroatoms. The molecular weight excluding hydrogens is 609 g/mol. The lowest BCUT2D eigenvalue weighted by molar-refractivity contribution is -0.141. The van der Waals surface area contributed by atoms with Crippen molar-refractivity contribution in [3.8, 4) is 17.3 Å². The van der Waals surface area contributed by atoms with E-state index in [-0.39, 0.29) is 64.8 Å². The van der Waals surface area contributed by atoms with Gasteiger partial charge in [0.2, 0.25) is 5.91 Å². The summed E-state index contributed by atoms with van der Waals surface area (Å²) in [6.07, 6.45) is 1.17. The number of carbonyl (C=O) groups excluding carboxylic acids is 2. The number of likely N-dealkylation sites (tertiary alicyclic amines) is 1. The third-order valence-corrected chi connectivity index (χ3v) is 6.73. The van der Waals surface area contributed by atoms with Gasteiger partial charge in [-0.15, -0.1) is 0 Å². The van der Waals surface area contributed by atoms with Gasteiger partial charge in [0.05, 0.1) is 40.7 Å². The van der Waals surface area contributed by atoms with Crippen molar-refractivity contribution in [1.29, 1.82) is 5.26 Å². The van der Waals surface area contributed by atoms with Crippen LogP contribution in [0.15, 0.2) is 43.0 Å². The number of nitrogens with two attached hydrogens (primary N) is 1. The fraction of sp³-hybridized carbons (Fsp3) is 0.269. The van der Waals surface area contributed by atoms with Gasteiger partial charge in [-0.05, 0) is 24.6 Å². The molecule has 5 rings (SSSR count). The highest BCUT2D eigenvalue weighted by molar-refractivity contribution is 6.34. The molecule has 1 fully saturated rings. The van der Waals surface area contributed by atoms with Crippen LogP contribution in [0.1, 0.15) is 22.5 Å². The van der Waals surface area contributed by atoms with Gasteiger partial charge < -0.3 is 26.4 Å². The van der Waals surface area contributed by atoms with E-state index in [0.717, 1.165) is 10.9 Å². The zero-order valence-electron chi connectivity index (χ0n) is 22.6. The van der Waals surface area contributed by atoms with Gasteiger partial charge in [-0.1, -0.05) is 11.6 Å². The number of benzene rings is 1. The Morgan fingerprint density at radius 1 is 1.30 bits per heavy atom. The molecule has 0 bridgehead atoms. The Bertz CT molecular complexity index is 1730. The summed E-state index contributed by atoms with van der Waals surface area (Å²) in [7, 11) is 0. The largest absolute Gasteiger partial charge is 0.483 e. The van der Waals surface area contributed by atoms with Crippen molar-refractivity contribution < 1.29 is 32.7 Å². The number of fused-ring (bicyclic) bond motifs is 1. The molecule has 44 heavy (non-hydrogen) atoms. The van der Waals surface area contributed by atoms with Crippen molar-refractivity contribution in [1.82, 2.24) is 34.4 Å². The van der Waals surface area contributed by atoms with E-state index in [1.807, 2.05) is 0 Å². The molecule has 3 aromatic heterocycles. The molecule has 1 aliphatic heterocycles. The van der Waals surface area contributed by atoms with Gasteiger partial charge in [0.1, 0.15) is 6.54 Å². The quantitative estimate of drug-likeness (QED) is 0.220. The maximum Gasteiger partial charge on any atom is 0.435 e. The van der Waals surface area contributed by atoms with E-state index in [9.17, 15) is 22.8 Å². The molecular formula is C26H24ClF3N10O4. The minimum absolute atomic E-state index is 0.0659. The fourth-order valence-electron chi connectivity index (χ4n) is 4.47. The molecule has 230 valence electrons. The van der Waals surface area contributed by atoms with Crippen molar-refractivity contribution in [2.45, 2.75) is 25.2 Å². The molecule has 1 saturated heterocycles. The third kappa shape index (κ3) is 7.04. The Morgan fingerprint density at radius 3 is 2.68 bits per heavy atom. The predicted molar refractivity (Wildman–Crippen MR) is 150 cm³/mol. The molecule has 4 heterocycles. The Morgan fingerprint density at radius 2 is 2.05 bits per heavy atom. The van der Waals surface area contributed by atoms with Gasteiger partial charge in [0, 0.05) is 43.4 Å². The van der Waals surface area contributed by atoms with Crippen LogP contribution >= 0.6 is 11.6 Å². The van der Waals surface area contributed by atoms with E-state index in [0.29, 0.717) is 25.2 Å².